The van der Waals surface area contributed by atoms with E-state index in [9.17, 15) is 29.4 Å². The lowest BCUT2D eigenvalue weighted by Gasteiger charge is -2.24. The fraction of sp³-hybridized carbons (Fsp3) is 0.733. The Bertz CT molecular complexity index is 518. The first kappa shape index (κ1) is 24.1. The Hall–Kier alpha value is -1.85. The minimum Gasteiger partial charge on any atom is -0.480 e. The normalized spacial score (nSPS) is 16.5. The van der Waals surface area contributed by atoms with Crippen molar-refractivity contribution in [2.24, 2.45) is 11.7 Å². The average molecular weight is 392 g/mol. The first-order valence-electron chi connectivity index (χ1n) is 8.20. The minimum absolute atomic E-state index is 0.0522. The van der Waals surface area contributed by atoms with Crippen LogP contribution in [0.1, 0.15) is 27.2 Å². The molecule has 0 aliphatic heterocycles. The molecular weight excluding hydrogens is 364 g/mol. The number of nitrogens with one attached hydrogen (secondary N) is 3. The van der Waals surface area contributed by atoms with Crippen molar-refractivity contribution in [3.63, 3.8) is 0 Å². The molecular formula is C15H28N4O6S. The van der Waals surface area contributed by atoms with Crippen molar-refractivity contribution in [1.82, 2.24) is 16.0 Å². The third-order valence-corrected chi connectivity index (χ3v) is 4.27. The second-order valence-corrected chi connectivity index (χ2v) is 6.34. The monoisotopic (exact) mass is 392 g/mol. The van der Waals surface area contributed by atoms with Gasteiger partial charge in [-0.1, -0.05) is 20.3 Å². The largest absolute Gasteiger partial charge is 0.480 e. The van der Waals surface area contributed by atoms with Crippen molar-refractivity contribution in [2.45, 2.75) is 51.4 Å². The fourth-order valence-electron chi connectivity index (χ4n) is 1.90. The number of hydrogen-bond acceptors (Lipinski definition) is 7. The van der Waals surface area contributed by atoms with Crippen LogP contribution in [0, 0.1) is 5.92 Å². The van der Waals surface area contributed by atoms with Gasteiger partial charge in [0.05, 0.1) is 12.6 Å². The van der Waals surface area contributed by atoms with Crippen LogP contribution in [0.25, 0.3) is 0 Å². The van der Waals surface area contributed by atoms with E-state index in [1.54, 1.807) is 13.8 Å². The van der Waals surface area contributed by atoms with E-state index < -0.39 is 54.5 Å². The van der Waals surface area contributed by atoms with E-state index in [0.29, 0.717) is 6.42 Å². The molecule has 0 aromatic rings. The van der Waals surface area contributed by atoms with Gasteiger partial charge in [0.15, 0.2) is 0 Å². The number of rotatable bonds is 11. The van der Waals surface area contributed by atoms with E-state index in [1.807, 2.05) is 0 Å². The zero-order valence-electron chi connectivity index (χ0n) is 15.1. The summed E-state index contributed by atoms with van der Waals surface area (Å²) < 4.78 is 0. The molecule has 0 saturated carbocycles. The summed E-state index contributed by atoms with van der Waals surface area (Å²) in [5, 5.41) is 25.4. The van der Waals surface area contributed by atoms with E-state index >= 15 is 0 Å². The Morgan fingerprint density at radius 3 is 2.04 bits per heavy atom. The summed E-state index contributed by atoms with van der Waals surface area (Å²) in [4.78, 5) is 47.2. The van der Waals surface area contributed by atoms with Gasteiger partial charge < -0.3 is 31.9 Å². The lowest BCUT2D eigenvalue weighted by molar-refractivity contribution is -0.143. The molecule has 0 radical (unpaired) electrons. The highest BCUT2D eigenvalue weighted by Gasteiger charge is 2.29. The van der Waals surface area contributed by atoms with E-state index in [0.717, 1.165) is 0 Å². The Morgan fingerprint density at radius 2 is 1.62 bits per heavy atom. The van der Waals surface area contributed by atoms with Crippen molar-refractivity contribution >= 4 is 36.3 Å². The van der Waals surface area contributed by atoms with Crippen LogP contribution in [0.3, 0.4) is 0 Å². The number of carboxylic acids is 1. The molecule has 7 N–H and O–H groups in total. The van der Waals surface area contributed by atoms with Crippen LogP contribution < -0.4 is 21.7 Å². The number of thiol groups is 1. The number of carboxylic acid groups (broad SMARTS) is 1. The van der Waals surface area contributed by atoms with Crippen molar-refractivity contribution < 1.29 is 29.4 Å². The summed E-state index contributed by atoms with van der Waals surface area (Å²) in [5.41, 5.74) is 5.47. The molecule has 150 valence electrons. The molecule has 0 fully saturated rings. The molecule has 0 spiro atoms. The molecule has 0 aromatic carbocycles. The quantitative estimate of drug-likeness (QED) is 0.196. The smallest absolute Gasteiger partial charge is 0.326 e. The summed E-state index contributed by atoms with van der Waals surface area (Å²) >= 11 is 3.86. The maximum atomic E-state index is 12.1. The molecule has 0 aromatic heterocycles. The lowest BCUT2D eigenvalue weighted by Crippen LogP contribution is -2.58. The van der Waals surface area contributed by atoms with Crippen LogP contribution >= 0.6 is 12.6 Å². The molecule has 5 atom stereocenters. The molecule has 11 heteroatoms. The second-order valence-electron chi connectivity index (χ2n) is 5.97. The van der Waals surface area contributed by atoms with Crippen molar-refractivity contribution in [2.75, 3.05) is 12.4 Å². The van der Waals surface area contributed by atoms with Gasteiger partial charge in [0.1, 0.15) is 18.1 Å². The maximum absolute atomic E-state index is 12.1. The number of hydrogen-bond donors (Lipinski definition) is 7. The van der Waals surface area contributed by atoms with E-state index in [1.165, 1.54) is 6.92 Å². The Morgan fingerprint density at radius 1 is 1.04 bits per heavy atom. The molecule has 0 saturated heterocycles. The third-order valence-electron chi connectivity index (χ3n) is 3.88. The maximum Gasteiger partial charge on any atom is 0.326 e. The molecule has 10 nitrogen and oxygen atoms in total. The van der Waals surface area contributed by atoms with Gasteiger partial charge in [0.25, 0.3) is 0 Å². The van der Waals surface area contributed by atoms with Gasteiger partial charge in [-0.25, -0.2) is 4.79 Å². The van der Waals surface area contributed by atoms with Crippen molar-refractivity contribution in [3.8, 4) is 0 Å². The van der Waals surface area contributed by atoms with Gasteiger partial charge >= 0.3 is 5.97 Å². The molecule has 0 aliphatic carbocycles. The van der Waals surface area contributed by atoms with Gasteiger partial charge in [0.2, 0.25) is 17.7 Å². The molecule has 5 unspecified atom stereocenters. The SMILES string of the molecule is CCC(C)C(NC(=O)C(C)NC(=O)C(CO)NC(=O)C(N)CS)C(=O)O. The molecule has 3 amide bonds. The van der Waals surface area contributed by atoms with E-state index in [-0.39, 0.29) is 11.7 Å². The highest BCUT2D eigenvalue weighted by atomic mass is 32.1. The summed E-state index contributed by atoms with van der Waals surface area (Å²) in [5.74, 6) is -3.59. The summed E-state index contributed by atoms with van der Waals surface area (Å²) in [7, 11) is 0. The average Bonchev–Trinajstić information content (AvgIpc) is 2.61. The molecule has 26 heavy (non-hydrogen) atoms. The Labute approximate surface area is 157 Å². The minimum atomic E-state index is -1.30. The van der Waals surface area contributed by atoms with Gasteiger partial charge in [-0.2, -0.15) is 12.6 Å². The van der Waals surface area contributed by atoms with Crippen LogP contribution in [0.5, 0.6) is 0 Å². The standard InChI is InChI=1S/C15H28N4O6S/c1-4-7(2)11(15(24)25)19-12(21)8(3)17-14(23)10(5-20)18-13(22)9(16)6-26/h7-11,20,26H,4-6,16H2,1-3H3,(H,17,23)(H,18,22)(H,19,21)(H,24,25). The van der Waals surface area contributed by atoms with Gasteiger partial charge in [-0.05, 0) is 12.8 Å². The number of amides is 3. The molecule has 0 rings (SSSR count). The van der Waals surface area contributed by atoms with Gasteiger partial charge in [-0.3, -0.25) is 14.4 Å². The first-order chi connectivity index (χ1) is 12.1. The summed E-state index contributed by atoms with van der Waals surface area (Å²) in [6, 6.07) is -4.41. The number of aliphatic carboxylic acids is 1. The zero-order valence-corrected chi connectivity index (χ0v) is 16.0. The predicted molar refractivity (Wildman–Crippen MR) is 97.5 cm³/mol. The first-order valence-corrected chi connectivity index (χ1v) is 8.83. The number of aliphatic hydroxyl groups excluding tert-OH is 1. The number of aliphatic hydroxyl groups is 1. The Kier molecular flexibility index (Phi) is 10.9. The number of nitrogens with two attached hydrogens (primary N) is 1. The Balaban J connectivity index is 4.82. The second kappa shape index (κ2) is 11.7. The molecule has 0 bridgehead atoms. The third kappa shape index (κ3) is 7.58. The number of carbonyl (C=O) groups excluding carboxylic acids is 3. The summed E-state index contributed by atoms with van der Waals surface area (Å²) in [6.07, 6.45) is 0.544. The fourth-order valence-corrected chi connectivity index (χ4v) is 2.06. The highest BCUT2D eigenvalue weighted by molar-refractivity contribution is 7.80. The van der Waals surface area contributed by atoms with Gasteiger partial charge in [0, 0.05) is 5.75 Å². The summed E-state index contributed by atoms with van der Waals surface area (Å²) in [6.45, 7) is 4.14. The van der Waals surface area contributed by atoms with Crippen LogP contribution in [0.15, 0.2) is 0 Å². The van der Waals surface area contributed by atoms with E-state index in [2.05, 4.69) is 28.6 Å². The molecule has 0 heterocycles. The van der Waals surface area contributed by atoms with Gasteiger partial charge in [-0.15, -0.1) is 0 Å². The van der Waals surface area contributed by atoms with Crippen molar-refractivity contribution in [3.05, 3.63) is 0 Å². The zero-order chi connectivity index (χ0) is 20.4. The number of carbonyl (C=O) groups is 4. The lowest BCUT2D eigenvalue weighted by atomic mass is 9.99. The van der Waals surface area contributed by atoms with E-state index in [4.69, 9.17) is 5.73 Å². The highest BCUT2D eigenvalue weighted by Crippen LogP contribution is 2.08. The predicted octanol–water partition coefficient (Wildman–Crippen LogP) is -2.16. The van der Waals surface area contributed by atoms with Crippen LogP contribution in [0.2, 0.25) is 0 Å². The topological polar surface area (TPSA) is 171 Å². The van der Waals surface area contributed by atoms with Crippen LogP contribution in [-0.2, 0) is 19.2 Å². The molecule has 0 aliphatic rings. The van der Waals surface area contributed by atoms with Crippen LogP contribution in [-0.4, -0.2) is 70.4 Å². The van der Waals surface area contributed by atoms with Crippen molar-refractivity contribution in [1.29, 1.82) is 0 Å². The van der Waals surface area contributed by atoms with Crippen LogP contribution in [0.4, 0.5) is 0 Å².